The Hall–Kier alpha value is -0.900. The van der Waals surface area contributed by atoms with Gasteiger partial charge in [-0.05, 0) is 40.9 Å². The van der Waals surface area contributed by atoms with E-state index < -0.39 is 5.97 Å². The Bertz CT molecular complexity index is 361. The van der Waals surface area contributed by atoms with Crippen molar-refractivity contribution < 1.29 is 9.90 Å². The number of halogens is 1. The van der Waals surface area contributed by atoms with Crippen molar-refractivity contribution in [2.45, 2.75) is 18.8 Å². The summed E-state index contributed by atoms with van der Waals surface area (Å²) < 4.78 is 0.606. The molecule has 68 valence electrons. The van der Waals surface area contributed by atoms with Crippen molar-refractivity contribution in [2.75, 3.05) is 0 Å². The van der Waals surface area contributed by atoms with Crippen LogP contribution in [0.5, 0.6) is 0 Å². The molecule has 3 nitrogen and oxygen atoms in total. The number of pyridine rings is 1. The minimum absolute atomic E-state index is 0.309. The van der Waals surface area contributed by atoms with Gasteiger partial charge in [0.05, 0.1) is 5.56 Å². The highest BCUT2D eigenvalue weighted by Gasteiger charge is 2.26. The third-order valence-electron chi connectivity index (χ3n) is 2.06. The number of hydrogen-bond donors (Lipinski definition) is 1. The molecule has 1 aliphatic carbocycles. The lowest BCUT2D eigenvalue weighted by atomic mass is 10.2. The van der Waals surface area contributed by atoms with Crippen LogP contribution in [-0.4, -0.2) is 16.1 Å². The van der Waals surface area contributed by atoms with Crippen molar-refractivity contribution in [3.8, 4) is 0 Å². The minimum atomic E-state index is -0.898. The van der Waals surface area contributed by atoms with Gasteiger partial charge < -0.3 is 5.11 Å². The zero-order valence-electron chi connectivity index (χ0n) is 6.83. The number of carbonyl (C=O) groups is 1. The van der Waals surface area contributed by atoms with E-state index in [2.05, 4.69) is 20.9 Å². The van der Waals surface area contributed by atoms with Crippen LogP contribution in [0.4, 0.5) is 0 Å². The number of aromatic carboxylic acids is 1. The van der Waals surface area contributed by atoms with Crippen molar-refractivity contribution in [2.24, 2.45) is 0 Å². The standard InChI is InChI=1S/C9H8BrNO2/c10-8-4-6(9(12)13)3-7(11-8)5-1-2-5/h3-5H,1-2H2,(H,12,13). The number of nitrogens with zero attached hydrogens (tertiary/aromatic N) is 1. The molecule has 1 saturated carbocycles. The minimum Gasteiger partial charge on any atom is -0.478 e. The fourth-order valence-corrected chi connectivity index (χ4v) is 1.68. The second-order valence-corrected chi connectivity index (χ2v) is 4.00. The van der Waals surface area contributed by atoms with E-state index in [1.165, 1.54) is 6.07 Å². The largest absolute Gasteiger partial charge is 0.478 e. The highest BCUT2D eigenvalue weighted by Crippen LogP contribution is 2.39. The monoisotopic (exact) mass is 241 g/mol. The van der Waals surface area contributed by atoms with Crippen molar-refractivity contribution in [3.05, 3.63) is 28.0 Å². The fourth-order valence-electron chi connectivity index (χ4n) is 1.23. The van der Waals surface area contributed by atoms with Gasteiger partial charge in [-0.2, -0.15) is 0 Å². The molecule has 1 N–H and O–H groups in total. The maximum atomic E-state index is 10.7. The van der Waals surface area contributed by atoms with Crippen LogP contribution in [-0.2, 0) is 0 Å². The van der Waals surface area contributed by atoms with Crippen molar-refractivity contribution in [1.29, 1.82) is 0 Å². The summed E-state index contributed by atoms with van der Waals surface area (Å²) >= 11 is 3.20. The van der Waals surface area contributed by atoms with Crippen LogP contribution < -0.4 is 0 Å². The molecule has 0 saturated heterocycles. The maximum Gasteiger partial charge on any atom is 0.335 e. The number of aromatic nitrogens is 1. The van der Waals surface area contributed by atoms with Gasteiger partial charge in [0.1, 0.15) is 4.60 Å². The van der Waals surface area contributed by atoms with E-state index in [0.717, 1.165) is 18.5 Å². The second-order valence-electron chi connectivity index (χ2n) is 3.18. The third kappa shape index (κ3) is 1.88. The lowest BCUT2D eigenvalue weighted by molar-refractivity contribution is 0.0696. The highest BCUT2D eigenvalue weighted by atomic mass is 79.9. The van der Waals surface area contributed by atoms with Crippen LogP contribution in [0.3, 0.4) is 0 Å². The van der Waals surface area contributed by atoms with Gasteiger partial charge in [0.15, 0.2) is 0 Å². The summed E-state index contributed by atoms with van der Waals surface area (Å²) in [4.78, 5) is 14.9. The van der Waals surface area contributed by atoms with E-state index in [-0.39, 0.29) is 0 Å². The molecule has 0 aliphatic heterocycles. The number of carboxylic acid groups (broad SMARTS) is 1. The van der Waals surface area contributed by atoms with E-state index in [1.54, 1.807) is 6.07 Å². The van der Waals surface area contributed by atoms with Gasteiger partial charge in [-0.15, -0.1) is 0 Å². The molecule has 13 heavy (non-hydrogen) atoms. The summed E-state index contributed by atoms with van der Waals surface area (Å²) in [5.74, 6) is -0.416. The number of carboxylic acids is 1. The molecule has 4 heteroatoms. The molecule has 0 bridgehead atoms. The van der Waals surface area contributed by atoms with Gasteiger partial charge in [-0.25, -0.2) is 9.78 Å². The molecule has 1 fully saturated rings. The van der Waals surface area contributed by atoms with E-state index in [1.807, 2.05) is 0 Å². The average molecular weight is 242 g/mol. The third-order valence-corrected chi connectivity index (χ3v) is 2.46. The summed E-state index contributed by atoms with van der Waals surface area (Å²) in [6.07, 6.45) is 2.25. The molecule has 0 atom stereocenters. The molecule has 2 rings (SSSR count). The van der Waals surface area contributed by atoms with Crippen LogP contribution in [0.1, 0.15) is 34.8 Å². The SMILES string of the molecule is O=C(O)c1cc(Br)nc(C2CC2)c1. The molecular formula is C9H8BrNO2. The van der Waals surface area contributed by atoms with E-state index in [9.17, 15) is 4.79 Å². The highest BCUT2D eigenvalue weighted by molar-refractivity contribution is 9.10. The van der Waals surface area contributed by atoms with E-state index in [0.29, 0.717) is 16.1 Å². The van der Waals surface area contributed by atoms with Gasteiger partial charge in [0.25, 0.3) is 0 Å². The maximum absolute atomic E-state index is 10.7. The summed E-state index contributed by atoms with van der Waals surface area (Å²) in [7, 11) is 0. The molecule has 0 unspecified atom stereocenters. The number of rotatable bonds is 2. The zero-order chi connectivity index (χ0) is 9.42. The van der Waals surface area contributed by atoms with Gasteiger partial charge in [-0.1, -0.05) is 0 Å². The quantitative estimate of drug-likeness (QED) is 0.810. The van der Waals surface area contributed by atoms with Gasteiger partial charge in [-0.3, -0.25) is 0 Å². The Morgan fingerprint density at radius 2 is 2.23 bits per heavy atom. The van der Waals surface area contributed by atoms with E-state index in [4.69, 9.17) is 5.11 Å². The fraction of sp³-hybridized carbons (Fsp3) is 0.333. The second kappa shape index (κ2) is 3.10. The first-order valence-electron chi connectivity index (χ1n) is 4.07. The topological polar surface area (TPSA) is 50.2 Å². The molecule has 1 aromatic heterocycles. The summed E-state index contributed by atoms with van der Waals surface area (Å²) in [6.45, 7) is 0. The van der Waals surface area contributed by atoms with Crippen LogP contribution in [0.2, 0.25) is 0 Å². The van der Waals surface area contributed by atoms with Crippen molar-refractivity contribution >= 4 is 21.9 Å². The van der Waals surface area contributed by atoms with E-state index >= 15 is 0 Å². The van der Waals surface area contributed by atoms with Gasteiger partial charge in [0.2, 0.25) is 0 Å². The smallest absolute Gasteiger partial charge is 0.335 e. The predicted octanol–water partition coefficient (Wildman–Crippen LogP) is 2.42. The molecule has 0 spiro atoms. The predicted molar refractivity (Wildman–Crippen MR) is 50.9 cm³/mol. The molecule has 0 radical (unpaired) electrons. The first-order valence-corrected chi connectivity index (χ1v) is 4.87. The molecular weight excluding hydrogens is 234 g/mol. The zero-order valence-corrected chi connectivity index (χ0v) is 8.41. The average Bonchev–Trinajstić information content (AvgIpc) is 2.85. The first kappa shape index (κ1) is 8.69. The van der Waals surface area contributed by atoms with Crippen LogP contribution in [0, 0.1) is 0 Å². The Morgan fingerprint density at radius 3 is 2.77 bits per heavy atom. The molecule has 1 aromatic rings. The Labute approximate surface area is 83.9 Å². The molecule has 0 aromatic carbocycles. The Kier molecular flexibility index (Phi) is 2.07. The lowest BCUT2D eigenvalue weighted by Gasteiger charge is -2.00. The van der Waals surface area contributed by atoms with Crippen LogP contribution >= 0.6 is 15.9 Å². The first-order chi connectivity index (χ1) is 6.16. The number of hydrogen-bond acceptors (Lipinski definition) is 2. The van der Waals surface area contributed by atoms with Gasteiger partial charge >= 0.3 is 5.97 Å². The molecule has 0 amide bonds. The van der Waals surface area contributed by atoms with Crippen molar-refractivity contribution in [3.63, 3.8) is 0 Å². The van der Waals surface area contributed by atoms with Crippen LogP contribution in [0.25, 0.3) is 0 Å². The molecule has 1 heterocycles. The van der Waals surface area contributed by atoms with Gasteiger partial charge in [0, 0.05) is 11.6 Å². The summed E-state index contributed by atoms with van der Waals surface area (Å²) in [6, 6.07) is 3.18. The van der Waals surface area contributed by atoms with Crippen molar-refractivity contribution in [1.82, 2.24) is 4.98 Å². The van der Waals surface area contributed by atoms with Crippen LogP contribution in [0.15, 0.2) is 16.7 Å². The lowest BCUT2D eigenvalue weighted by Crippen LogP contribution is -1.99. The normalized spacial score (nSPS) is 15.8. The summed E-state index contributed by atoms with van der Waals surface area (Å²) in [5, 5.41) is 8.79. The summed E-state index contributed by atoms with van der Waals surface area (Å²) in [5.41, 5.74) is 1.20. The Morgan fingerprint density at radius 1 is 1.54 bits per heavy atom. The molecule has 1 aliphatic rings. The Balaban J connectivity index is 2.41.